The number of fused-ring (bicyclic) bond motifs is 1. The van der Waals surface area contributed by atoms with E-state index in [-0.39, 0.29) is 12.7 Å². The first kappa shape index (κ1) is 14.3. The molecule has 112 valence electrons. The van der Waals surface area contributed by atoms with Gasteiger partial charge >= 0.3 is 0 Å². The first-order chi connectivity index (χ1) is 10.3. The van der Waals surface area contributed by atoms with Crippen LogP contribution in [0.4, 0.5) is 5.82 Å². The highest BCUT2D eigenvalue weighted by Crippen LogP contribution is 2.24. The maximum Gasteiger partial charge on any atom is 0.134 e. The molecule has 0 spiro atoms. The number of benzene rings is 1. The van der Waals surface area contributed by atoms with Crippen molar-refractivity contribution < 1.29 is 9.84 Å². The van der Waals surface area contributed by atoms with Crippen molar-refractivity contribution in [3.63, 3.8) is 0 Å². The summed E-state index contributed by atoms with van der Waals surface area (Å²) >= 11 is 0. The third kappa shape index (κ3) is 3.17. The minimum Gasteiger partial charge on any atom is -0.392 e. The van der Waals surface area contributed by atoms with Crippen LogP contribution in [0.5, 0.6) is 0 Å². The summed E-state index contributed by atoms with van der Waals surface area (Å²) in [5, 5.41) is 10.7. The van der Waals surface area contributed by atoms with Gasteiger partial charge in [0.1, 0.15) is 5.82 Å². The highest BCUT2D eigenvalue weighted by Gasteiger charge is 2.18. The van der Waals surface area contributed by atoms with E-state index >= 15 is 0 Å². The molecule has 0 aliphatic carbocycles. The van der Waals surface area contributed by atoms with Crippen molar-refractivity contribution in [2.45, 2.75) is 32.0 Å². The molecule has 0 radical (unpaired) electrons. The Balaban J connectivity index is 1.86. The number of aliphatic hydroxyl groups excluding tert-OH is 1. The second-order valence-electron chi connectivity index (χ2n) is 5.69. The van der Waals surface area contributed by atoms with E-state index in [1.807, 2.05) is 37.4 Å². The average molecular weight is 286 g/mol. The number of anilines is 1. The quantitative estimate of drug-likeness (QED) is 0.938. The Bertz CT molecular complexity index is 609. The molecule has 4 nitrogen and oxygen atoms in total. The monoisotopic (exact) mass is 286 g/mol. The molecule has 1 aliphatic heterocycles. The molecule has 0 saturated carbocycles. The van der Waals surface area contributed by atoms with Gasteiger partial charge in [-0.05, 0) is 31.4 Å². The van der Waals surface area contributed by atoms with E-state index in [2.05, 4.69) is 4.90 Å². The number of para-hydroxylation sites is 1. The fourth-order valence-corrected chi connectivity index (χ4v) is 2.94. The predicted molar refractivity (Wildman–Crippen MR) is 84.5 cm³/mol. The zero-order valence-corrected chi connectivity index (χ0v) is 12.5. The van der Waals surface area contributed by atoms with Crippen LogP contribution < -0.4 is 4.90 Å². The van der Waals surface area contributed by atoms with Gasteiger partial charge in [0.15, 0.2) is 0 Å². The van der Waals surface area contributed by atoms with Gasteiger partial charge in [0.25, 0.3) is 0 Å². The van der Waals surface area contributed by atoms with Crippen LogP contribution in [0, 0.1) is 0 Å². The van der Waals surface area contributed by atoms with Gasteiger partial charge in [-0.2, -0.15) is 0 Å². The molecule has 1 fully saturated rings. The second-order valence-corrected chi connectivity index (χ2v) is 5.69. The molecule has 1 N–H and O–H groups in total. The largest absolute Gasteiger partial charge is 0.392 e. The fourth-order valence-electron chi connectivity index (χ4n) is 2.94. The molecule has 2 aromatic rings. The van der Waals surface area contributed by atoms with Gasteiger partial charge in [0.05, 0.1) is 18.2 Å². The molecule has 2 heterocycles. The van der Waals surface area contributed by atoms with Crippen LogP contribution in [-0.2, 0) is 11.3 Å². The summed E-state index contributed by atoms with van der Waals surface area (Å²) in [7, 11) is 2.02. The van der Waals surface area contributed by atoms with Crippen LogP contribution in [0.1, 0.15) is 24.8 Å². The Labute approximate surface area is 125 Å². The Kier molecular flexibility index (Phi) is 4.36. The van der Waals surface area contributed by atoms with Gasteiger partial charge in [0.2, 0.25) is 0 Å². The Morgan fingerprint density at radius 2 is 2.19 bits per heavy atom. The molecule has 1 atom stereocenters. The van der Waals surface area contributed by atoms with Gasteiger partial charge in [-0.3, -0.25) is 0 Å². The normalized spacial score (nSPS) is 18.9. The number of hydrogen-bond donors (Lipinski definition) is 1. The van der Waals surface area contributed by atoms with E-state index in [0.717, 1.165) is 48.3 Å². The number of nitrogens with zero attached hydrogens (tertiary/aromatic N) is 2. The van der Waals surface area contributed by atoms with Crippen LogP contribution in [0.2, 0.25) is 0 Å². The van der Waals surface area contributed by atoms with Crippen molar-refractivity contribution in [2.24, 2.45) is 0 Å². The lowest BCUT2D eigenvalue weighted by Gasteiger charge is -2.29. The topological polar surface area (TPSA) is 45.6 Å². The maximum atomic E-state index is 9.63. The lowest BCUT2D eigenvalue weighted by molar-refractivity contribution is 0.0215. The summed E-state index contributed by atoms with van der Waals surface area (Å²) in [4.78, 5) is 6.83. The van der Waals surface area contributed by atoms with Crippen LogP contribution >= 0.6 is 0 Å². The first-order valence-corrected chi connectivity index (χ1v) is 7.60. The zero-order valence-electron chi connectivity index (χ0n) is 12.5. The summed E-state index contributed by atoms with van der Waals surface area (Å²) in [6.45, 7) is 1.68. The van der Waals surface area contributed by atoms with Crippen molar-refractivity contribution >= 4 is 16.7 Å². The van der Waals surface area contributed by atoms with E-state index in [9.17, 15) is 5.11 Å². The summed E-state index contributed by atoms with van der Waals surface area (Å²) in [5.41, 5.74) is 1.83. The van der Waals surface area contributed by atoms with Gasteiger partial charge in [0, 0.05) is 31.1 Å². The number of rotatable bonds is 4. The molecule has 21 heavy (non-hydrogen) atoms. The van der Waals surface area contributed by atoms with Crippen LogP contribution in [0.25, 0.3) is 10.9 Å². The number of aromatic nitrogens is 1. The van der Waals surface area contributed by atoms with Crippen molar-refractivity contribution in [3.05, 3.63) is 35.9 Å². The standard InChI is InChI=1S/C17H22N2O2/c1-19(11-15-7-4-5-9-21-15)17-14(12-20)10-13-6-2-3-8-16(13)18-17/h2-3,6,8,10,15,20H,4-5,7,9,11-12H2,1H3. The third-order valence-corrected chi connectivity index (χ3v) is 4.06. The zero-order chi connectivity index (χ0) is 14.7. The fraction of sp³-hybridized carbons (Fsp3) is 0.471. The highest BCUT2D eigenvalue weighted by molar-refractivity contribution is 5.81. The van der Waals surface area contributed by atoms with Gasteiger partial charge in [-0.15, -0.1) is 0 Å². The summed E-state index contributed by atoms with van der Waals surface area (Å²) in [5.74, 6) is 0.852. The summed E-state index contributed by atoms with van der Waals surface area (Å²) in [6.07, 6.45) is 3.77. The lowest BCUT2D eigenvalue weighted by atomic mass is 10.1. The second kappa shape index (κ2) is 6.41. The third-order valence-electron chi connectivity index (χ3n) is 4.06. The molecule has 4 heteroatoms. The molecule has 0 bridgehead atoms. The Morgan fingerprint density at radius 1 is 1.33 bits per heavy atom. The van der Waals surface area contributed by atoms with Gasteiger partial charge in [-0.1, -0.05) is 18.2 Å². The van der Waals surface area contributed by atoms with Crippen molar-refractivity contribution in [1.82, 2.24) is 4.98 Å². The van der Waals surface area contributed by atoms with E-state index in [4.69, 9.17) is 9.72 Å². The molecule has 3 rings (SSSR count). The minimum absolute atomic E-state index is 0.00301. The van der Waals surface area contributed by atoms with E-state index < -0.39 is 0 Å². The molecule has 1 saturated heterocycles. The summed E-state index contributed by atoms with van der Waals surface area (Å²) in [6, 6.07) is 10.0. The Hall–Kier alpha value is -1.65. The van der Waals surface area contributed by atoms with Crippen LogP contribution in [-0.4, -0.2) is 36.4 Å². The molecule has 0 amide bonds. The maximum absolute atomic E-state index is 9.63. The molecule has 1 aliphatic rings. The Morgan fingerprint density at radius 3 is 2.95 bits per heavy atom. The summed E-state index contributed by atoms with van der Waals surface area (Å²) < 4.78 is 5.80. The molecular weight excluding hydrogens is 264 g/mol. The predicted octanol–water partition coefficient (Wildman–Crippen LogP) is 2.73. The lowest BCUT2D eigenvalue weighted by Crippen LogP contribution is -2.34. The van der Waals surface area contributed by atoms with E-state index in [1.165, 1.54) is 6.42 Å². The van der Waals surface area contributed by atoms with Crippen LogP contribution in [0.15, 0.2) is 30.3 Å². The number of ether oxygens (including phenoxy) is 1. The number of aliphatic hydroxyl groups is 1. The molecular formula is C17H22N2O2. The molecule has 1 unspecified atom stereocenters. The van der Waals surface area contributed by atoms with Crippen LogP contribution in [0.3, 0.4) is 0 Å². The molecule has 1 aromatic carbocycles. The SMILES string of the molecule is CN(CC1CCCCO1)c1nc2ccccc2cc1CO. The molecule has 1 aromatic heterocycles. The van der Waals surface area contributed by atoms with E-state index in [1.54, 1.807) is 0 Å². The smallest absolute Gasteiger partial charge is 0.134 e. The number of pyridine rings is 1. The number of hydrogen-bond acceptors (Lipinski definition) is 4. The minimum atomic E-state index is 0.00301. The van der Waals surface area contributed by atoms with Crippen molar-refractivity contribution in [3.8, 4) is 0 Å². The van der Waals surface area contributed by atoms with Gasteiger partial charge < -0.3 is 14.7 Å². The van der Waals surface area contributed by atoms with Gasteiger partial charge in [-0.25, -0.2) is 4.98 Å². The first-order valence-electron chi connectivity index (χ1n) is 7.60. The van der Waals surface area contributed by atoms with Crippen molar-refractivity contribution in [2.75, 3.05) is 25.1 Å². The van der Waals surface area contributed by atoms with E-state index in [0.29, 0.717) is 0 Å². The number of likely N-dealkylation sites (N-methyl/N-ethyl adjacent to an activating group) is 1. The average Bonchev–Trinajstić information content (AvgIpc) is 2.54. The van der Waals surface area contributed by atoms with Crippen molar-refractivity contribution in [1.29, 1.82) is 0 Å². The highest BCUT2D eigenvalue weighted by atomic mass is 16.5.